The molecule has 1 aromatic rings. The fourth-order valence-electron chi connectivity index (χ4n) is 3.15. The number of fused-ring (bicyclic) bond motifs is 1. The summed E-state index contributed by atoms with van der Waals surface area (Å²) in [6, 6.07) is -0.00743. The molecule has 100 valence electrons. The molecule has 1 heterocycles. The molecular weight excluding hydrogens is 246 g/mol. The number of nitrogens with zero attached hydrogens (tertiary/aromatic N) is 2. The highest BCUT2D eigenvalue weighted by molar-refractivity contribution is 5.81. The Kier molecular flexibility index (Phi) is 2.73. The molecular formula is C13H15N3O3. The summed E-state index contributed by atoms with van der Waals surface area (Å²) in [7, 11) is 0. The average Bonchev–Trinajstić information content (AvgIpc) is 2.94. The van der Waals surface area contributed by atoms with Crippen LogP contribution in [0.3, 0.4) is 0 Å². The van der Waals surface area contributed by atoms with E-state index in [1.54, 1.807) is 12.4 Å². The zero-order valence-electron chi connectivity index (χ0n) is 10.4. The van der Waals surface area contributed by atoms with Crippen molar-refractivity contribution in [3.8, 4) is 0 Å². The number of nitrogens with one attached hydrogen (secondary N) is 1. The van der Waals surface area contributed by atoms with E-state index in [9.17, 15) is 14.7 Å². The summed E-state index contributed by atoms with van der Waals surface area (Å²) in [5, 5.41) is 12.1. The van der Waals surface area contributed by atoms with Crippen molar-refractivity contribution >= 4 is 11.9 Å². The monoisotopic (exact) mass is 261 g/mol. The minimum absolute atomic E-state index is 0.00743. The minimum atomic E-state index is -0.717. The highest BCUT2D eigenvalue weighted by Crippen LogP contribution is 2.63. The number of amides is 1. The summed E-state index contributed by atoms with van der Waals surface area (Å²) >= 11 is 0. The first-order valence-corrected chi connectivity index (χ1v) is 6.37. The van der Waals surface area contributed by atoms with Gasteiger partial charge in [0.2, 0.25) is 5.91 Å². The third-order valence-electron chi connectivity index (χ3n) is 4.18. The van der Waals surface area contributed by atoms with E-state index in [2.05, 4.69) is 15.3 Å². The molecule has 6 nitrogen and oxygen atoms in total. The second-order valence-electron chi connectivity index (χ2n) is 5.49. The first-order chi connectivity index (χ1) is 9.10. The van der Waals surface area contributed by atoms with Gasteiger partial charge in [-0.05, 0) is 30.7 Å². The highest BCUT2D eigenvalue weighted by Gasteiger charge is 2.65. The third kappa shape index (κ3) is 2.18. The van der Waals surface area contributed by atoms with Crippen molar-refractivity contribution in [2.75, 3.05) is 0 Å². The van der Waals surface area contributed by atoms with E-state index in [1.165, 1.54) is 6.33 Å². The fourth-order valence-corrected chi connectivity index (χ4v) is 3.15. The van der Waals surface area contributed by atoms with E-state index in [4.69, 9.17) is 0 Å². The van der Waals surface area contributed by atoms with E-state index < -0.39 is 11.4 Å². The van der Waals surface area contributed by atoms with Crippen molar-refractivity contribution in [3.63, 3.8) is 0 Å². The maximum atomic E-state index is 11.9. The van der Waals surface area contributed by atoms with Gasteiger partial charge in [0.1, 0.15) is 6.33 Å². The summed E-state index contributed by atoms with van der Waals surface area (Å²) in [5.41, 5.74) is 0.212. The van der Waals surface area contributed by atoms with Gasteiger partial charge in [0.05, 0.1) is 11.8 Å². The summed E-state index contributed by atoms with van der Waals surface area (Å²) in [5.74, 6) is -0.567. The van der Waals surface area contributed by atoms with Crippen LogP contribution in [0.25, 0.3) is 0 Å². The van der Waals surface area contributed by atoms with Crippen LogP contribution in [-0.2, 0) is 16.0 Å². The van der Waals surface area contributed by atoms with Gasteiger partial charge < -0.3 is 10.4 Å². The maximum Gasteiger partial charge on any atom is 0.310 e. The predicted octanol–water partition coefficient (Wildman–Crippen LogP) is 0.389. The van der Waals surface area contributed by atoms with Crippen molar-refractivity contribution in [3.05, 3.63) is 24.3 Å². The van der Waals surface area contributed by atoms with Crippen LogP contribution in [-0.4, -0.2) is 33.0 Å². The molecule has 2 fully saturated rings. The topological polar surface area (TPSA) is 92.2 Å². The lowest BCUT2D eigenvalue weighted by Crippen LogP contribution is -2.36. The molecule has 19 heavy (non-hydrogen) atoms. The largest absolute Gasteiger partial charge is 0.481 e. The Morgan fingerprint density at radius 2 is 2.11 bits per heavy atom. The summed E-state index contributed by atoms with van der Waals surface area (Å²) < 4.78 is 0. The van der Waals surface area contributed by atoms with Gasteiger partial charge in [0.25, 0.3) is 0 Å². The Bertz CT molecular complexity index is 519. The fraction of sp³-hybridized carbons (Fsp3) is 0.538. The number of aromatic nitrogens is 2. The van der Waals surface area contributed by atoms with Crippen molar-refractivity contribution in [1.29, 1.82) is 0 Å². The van der Waals surface area contributed by atoms with Gasteiger partial charge in [-0.3, -0.25) is 9.59 Å². The lowest BCUT2D eigenvalue weighted by atomic mass is 10.0. The molecule has 2 saturated carbocycles. The number of carbonyl (C=O) groups is 2. The van der Waals surface area contributed by atoms with Crippen LogP contribution in [0.4, 0.5) is 0 Å². The second kappa shape index (κ2) is 4.29. The summed E-state index contributed by atoms with van der Waals surface area (Å²) in [6.45, 7) is 0. The van der Waals surface area contributed by atoms with Crippen molar-refractivity contribution in [2.24, 2.45) is 11.3 Å². The smallest absolute Gasteiger partial charge is 0.310 e. The highest BCUT2D eigenvalue weighted by atomic mass is 16.4. The van der Waals surface area contributed by atoms with Gasteiger partial charge in [-0.15, -0.1) is 0 Å². The second-order valence-corrected chi connectivity index (χ2v) is 5.49. The number of carboxylic acids is 1. The van der Waals surface area contributed by atoms with Crippen LogP contribution in [0, 0.1) is 11.3 Å². The zero-order valence-corrected chi connectivity index (χ0v) is 10.4. The molecule has 0 radical (unpaired) electrons. The number of aliphatic carboxylic acids is 1. The number of hydrogen-bond donors (Lipinski definition) is 2. The zero-order chi connectivity index (χ0) is 13.5. The number of rotatable bonds is 4. The van der Waals surface area contributed by atoms with Crippen LogP contribution < -0.4 is 5.32 Å². The lowest BCUT2D eigenvalue weighted by molar-refractivity contribution is -0.143. The maximum absolute atomic E-state index is 11.9. The SMILES string of the molecule is O=C(Cc1cncnc1)N[C@H]1C[C@@H]2C[C@]2(C(=O)O)C1. The quantitative estimate of drug-likeness (QED) is 0.818. The van der Waals surface area contributed by atoms with Crippen LogP contribution in [0.5, 0.6) is 0 Å². The molecule has 6 heteroatoms. The van der Waals surface area contributed by atoms with E-state index in [0.29, 0.717) is 6.42 Å². The predicted molar refractivity (Wildman–Crippen MR) is 65.1 cm³/mol. The van der Waals surface area contributed by atoms with Gasteiger partial charge >= 0.3 is 5.97 Å². The van der Waals surface area contributed by atoms with Gasteiger partial charge in [0.15, 0.2) is 0 Å². The molecule has 2 aliphatic rings. The van der Waals surface area contributed by atoms with Crippen LogP contribution >= 0.6 is 0 Å². The van der Waals surface area contributed by atoms with Crippen LogP contribution in [0.1, 0.15) is 24.8 Å². The Balaban J connectivity index is 1.53. The number of carbonyl (C=O) groups excluding carboxylic acids is 1. The normalized spacial score (nSPS) is 31.6. The van der Waals surface area contributed by atoms with Gasteiger partial charge in [-0.1, -0.05) is 0 Å². The number of hydrogen-bond acceptors (Lipinski definition) is 4. The minimum Gasteiger partial charge on any atom is -0.481 e. The molecule has 3 atom stereocenters. The van der Waals surface area contributed by atoms with Gasteiger partial charge in [-0.25, -0.2) is 9.97 Å². The third-order valence-corrected chi connectivity index (χ3v) is 4.18. The first kappa shape index (κ1) is 12.1. The van der Waals surface area contributed by atoms with Crippen molar-refractivity contribution < 1.29 is 14.7 Å². The van der Waals surface area contributed by atoms with Crippen molar-refractivity contribution in [2.45, 2.75) is 31.7 Å². The van der Waals surface area contributed by atoms with E-state index >= 15 is 0 Å². The number of carboxylic acid groups (broad SMARTS) is 1. The Morgan fingerprint density at radius 1 is 1.37 bits per heavy atom. The molecule has 1 amide bonds. The summed E-state index contributed by atoms with van der Waals surface area (Å²) in [4.78, 5) is 30.7. The standard InChI is InChI=1S/C13H15N3O3/c17-11(1-8-5-14-7-15-6-8)16-10-2-9-3-13(9,4-10)12(18)19/h5-7,9-10H,1-4H2,(H,16,17)(H,18,19)/t9-,10+,13+/m1/s1. The molecule has 3 rings (SSSR count). The van der Waals surface area contributed by atoms with E-state index in [1.807, 2.05) is 0 Å². The van der Waals surface area contributed by atoms with Crippen LogP contribution in [0.15, 0.2) is 18.7 Å². The molecule has 1 aromatic heterocycles. The molecule has 0 bridgehead atoms. The van der Waals surface area contributed by atoms with Crippen LogP contribution in [0.2, 0.25) is 0 Å². The van der Waals surface area contributed by atoms with Gasteiger partial charge in [0, 0.05) is 18.4 Å². The molecule has 0 saturated heterocycles. The lowest BCUT2D eigenvalue weighted by Gasteiger charge is -2.15. The Morgan fingerprint density at radius 3 is 2.74 bits per heavy atom. The van der Waals surface area contributed by atoms with Gasteiger partial charge in [-0.2, -0.15) is 0 Å². The summed E-state index contributed by atoms with van der Waals surface area (Å²) in [6.07, 6.45) is 6.98. The molecule has 0 spiro atoms. The Hall–Kier alpha value is -1.98. The molecule has 2 N–H and O–H groups in total. The van der Waals surface area contributed by atoms with Crippen molar-refractivity contribution in [1.82, 2.24) is 15.3 Å². The molecule has 0 aromatic carbocycles. The Labute approximate surface area is 110 Å². The molecule has 2 aliphatic carbocycles. The average molecular weight is 261 g/mol. The van der Waals surface area contributed by atoms with E-state index in [-0.39, 0.29) is 24.3 Å². The molecule has 0 unspecified atom stereocenters. The first-order valence-electron chi connectivity index (χ1n) is 6.37. The molecule has 0 aliphatic heterocycles. The van der Waals surface area contributed by atoms with E-state index in [0.717, 1.165) is 18.4 Å².